The van der Waals surface area contributed by atoms with Crippen molar-refractivity contribution >= 4 is 0 Å². The highest BCUT2D eigenvalue weighted by molar-refractivity contribution is 5.21. The number of nitrogens with two attached hydrogens (primary N) is 1. The summed E-state index contributed by atoms with van der Waals surface area (Å²) >= 11 is 0. The lowest BCUT2D eigenvalue weighted by Crippen LogP contribution is -2.38. The Morgan fingerprint density at radius 3 is 2.50 bits per heavy atom. The van der Waals surface area contributed by atoms with Gasteiger partial charge in [-0.2, -0.15) is 0 Å². The minimum atomic E-state index is -0.230. The van der Waals surface area contributed by atoms with Crippen molar-refractivity contribution in [2.45, 2.75) is 32.0 Å². The molecule has 1 aromatic heterocycles. The van der Waals surface area contributed by atoms with Gasteiger partial charge in [0.1, 0.15) is 11.6 Å². The van der Waals surface area contributed by atoms with E-state index in [1.165, 1.54) is 12.1 Å². The highest BCUT2D eigenvalue weighted by Crippen LogP contribution is 2.25. The van der Waals surface area contributed by atoms with Gasteiger partial charge in [0.25, 0.3) is 0 Å². The number of furan rings is 1. The number of benzene rings is 1. The molecule has 2 N–H and O–H groups in total. The molecule has 2 rings (SSSR count). The average molecular weight is 276 g/mol. The zero-order valence-corrected chi connectivity index (χ0v) is 11.9. The van der Waals surface area contributed by atoms with Gasteiger partial charge in [0.2, 0.25) is 0 Å². The van der Waals surface area contributed by atoms with Crippen molar-refractivity contribution in [3.05, 3.63) is 59.8 Å². The molecule has 2 atom stereocenters. The molecule has 0 saturated heterocycles. The Hall–Kier alpha value is -1.65. The van der Waals surface area contributed by atoms with Crippen LogP contribution in [0, 0.1) is 5.82 Å². The summed E-state index contributed by atoms with van der Waals surface area (Å²) in [4.78, 5) is 2.14. The number of halogens is 1. The molecule has 0 fully saturated rings. The largest absolute Gasteiger partial charge is 0.468 e. The zero-order chi connectivity index (χ0) is 14.5. The maximum atomic E-state index is 13.1. The summed E-state index contributed by atoms with van der Waals surface area (Å²) in [6, 6.07) is 10.4. The number of hydrogen-bond acceptors (Lipinski definition) is 3. The number of rotatable bonds is 6. The predicted octanol–water partition coefficient (Wildman–Crippen LogP) is 3.33. The van der Waals surface area contributed by atoms with Gasteiger partial charge in [-0.1, -0.05) is 19.1 Å². The second-order valence-electron chi connectivity index (χ2n) is 5.06. The quantitative estimate of drug-likeness (QED) is 0.880. The van der Waals surface area contributed by atoms with E-state index in [1.54, 1.807) is 18.4 Å². The lowest BCUT2D eigenvalue weighted by molar-refractivity contribution is 0.188. The van der Waals surface area contributed by atoms with Crippen LogP contribution in [0.3, 0.4) is 0 Å². The standard InChI is InChI=1S/C16H21FN2O/c1-3-15(18)16(12-6-8-13(17)9-7-12)19(2)11-14-5-4-10-20-14/h4-10,15-16H,3,11,18H2,1-2H3. The maximum Gasteiger partial charge on any atom is 0.123 e. The number of hydrogen-bond donors (Lipinski definition) is 1. The SMILES string of the molecule is CCC(N)C(c1ccc(F)cc1)N(C)Cc1ccco1. The molecular weight excluding hydrogens is 255 g/mol. The van der Waals surface area contributed by atoms with Gasteiger partial charge in [0, 0.05) is 6.04 Å². The van der Waals surface area contributed by atoms with Gasteiger partial charge in [0.05, 0.1) is 18.8 Å². The zero-order valence-electron chi connectivity index (χ0n) is 11.9. The second-order valence-corrected chi connectivity index (χ2v) is 5.06. The molecule has 0 amide bonds. The molecule has 108 valence electrons. The van der Waals surface area contributed by atoms with Crippen molar-refractivity contribution in [3.8, 4) is 0 Å². The number of nitrogens with zero attached hydrogens (tertiary/aromatic N) is 1. The first-order chi connectivity index (χ1) is 9.61. The van der Waals surface area contributed by atoms with Gasteiger partial charge in [-0.05, 0) is 43.3 Å². The van der Waals surface area contributed by atoms with Gasteiger partial charge in [-0.15, -0.1) is 0 Å². The third-order valence-corrected chi connectivity index (χ3v) is 3.55. The van der Waals surface area contributed by atoms with E-state index >= 15 is 0 Å². The first-order valence-corrected chi connectivity index (χ1v) is 6.85. The van der Waals surface area contributed by atoms with Crippen LogP contribution in [0.1, 0.15) is 30.7 Å². The van der Waals surface area contributed by atoms with Crippen molar-refractivity contribution in [1.82, 2.24) is 4.90 Å². The van der Waals surface area contributed by atoms with Crippen molar-refractivity contribution in [2.24, 2.45) is 5.73 Å². The van der Waals surface area contributed by atoms with Crippen LogP contribution < -0.4 is 5.73 Å². The lowest BCUT2D eigenvalue weighted by Gasteiger charge is -2.32. The van der Waals surface area contributed by atoms with Crippen LogP contribution in [0.4, 0.5) is 4.39 Å². The molecule has 2 unspecified atom stereocenters. The molecule has 4 heteroatoms. The van der Waals surface area contributed by atoms with Crippen molar-refractivity contribution in [3.63, 3.8) is 0 Å². The van der Waals surface area contributed by atoms with E-state index < -0.39 is 0 Å². The molecule has 0 saturated carbocycles. The van der Waals surface area contributed by atoms with Crippen LogP contribution >= 0.6 is 0 Å². The van der Waals surface area contributed by atoms with Gasteiger partial charge in [-0.25, -0.2) is 4.39 Å². The van der Waals surface area contributed by atoms with Crippen molar-refractivity contribution in [2.75, 3.05) is 7.05 Å². The summed E-state index contributed by atoms with van der Waals surface area (Å²) < 4.78 is 18.5. The van der Waals surface area contributed by atoms with Gasteiger partial charge >= 0.3 is 0 Å². The predicted molar refractivity (Wildman–Crippen MR) is 77.6 cm³/mol. The topological polar surface area (TPSA) is 42.4 Å². The Kier molecular flexibility index (Phi) is 4.93. The normalized spacial score (nSPS) is 14.4. The second kappa shape index (κ2) is 6.68. The Bertz CT molecular complexity index is 510. The van der Waals surface area contributed by atoms with E-state index in [0.717, 1.165) is 17.7 Å². The molecule has 0 aliphatic heterocycles. The average Bonchev–Trinajstić information content (AvgIpc) is 2.94. The van der Waals surface area contributed by atoms with Crippen LogP contribution in [-0.4, -0.2) is 18.0 Å². The van der Waals surface area contributed by atoms with Crippen LogP contribution in [0.25, 0.3) is 0 Å². The first kappa shape index (κ1) is 14.8. The van der Waals surface area contributed by atoms with Gasteiger partial charge in [0.15, 0.2) is 0 Å². The summed E-state index contributed by atoms with van der Waals surface area (Å²) in [5.41, 5.74) is 7.27. The molecule has 0 spiro atoms. The molecule has 1 aromatic carbocycles. The molecule has 20 heavy (non-hydrogen) atoms. The smallest absolute Gasteiger partial charge is 0.123 e. The van der Waals surface area contributed by atoms with Crippen molar-refractivity contribution in [1.29, 1.82) is 0 Å². The molecule has 2 aromatic rings. The first-order valence-electron chi connectivity index (χ1n) is 6.85. The van der Waals surface area contributed by atoms with E-state index in [-0.39, 0.29) is 17.9 Å². The Labute approximate surface area is 119 Å². The molecule has 0 bridgehead atoms. The van der Waals surface area contributed by atoms with E-state index in [1.807, 2.05) is 19.2 Å². The van der Waals surface area contributed by atoms with Crippen LogP contribution in [0.15, 0.2) is 47.1 Å². The summed E-state index contributed by atoms with van der Waals surface area (Å²) in [5, 5.41) is 0. The summed E-state index contributed by atoms with van der Waals surface area (Å²) in [5.74, 6) is 0.661. The minimum Gasteiger partial charge on any atom is -0.468 e. The molecule has 0 radical (unpaired) electrons. The number of likely N-dealkylation sites (N-methyl/N-ethyl adjacent to an activating group) is 1. The van der Waals surface area contributed by atoms with Crippen LogP contribution in [0.5, 0.6) is 0 Å². The third-order valence-electron chi connectivity index (χ3n) is 3.55. The fourth-order valence-corrected chi connectivity index (χ4v) is 2.46. The highest BCUT2D eigenvalue weighted by atomic mass is 19.1. The summed E-state index contributed by atoms with van der Waals surface area (Å²) in [7, 11) is 2.01. The van der Waals surface area contributed by atoms with E-state index in [4.69, 9.17) is 10.2 Å². The molecule has 0 aliphatic rings. The third kappa shape index (κ3) is 3.46. The minimum absolute atomic E-state index is 0.0135. The fourth-order valence-electron chi connectivity index (χ4n) is 2.46. The summed E-state index contributed by atoms with van der Waals surface area (Å²) in [6.07, 6.45) is 2.51. The van der Waals surface area contributed by atoms with E-state index in [9.17, 15) is 4.39 Å². The maximum absolute atomic E-state index is 13.1. The fraction of sp³-hybridized carbons (Fsp3) is 0.375. The van der Waals surface area contributed by atoms with Gasteiger partial charge < -0.3 is 10.2 Å². The molecular formula is C16H21FN2O. The van der Waals surface area contributed by atoms with Crippen molar-refractivity contribution < 1.29 is 8.81 Å². The summed E-state index contributed by atoms with van der Waals surface area (Å²) in [6.45, 7) is 2.73. The highest BCUT2D eigenvalue weighted by Gasteiger charge is 2.23. The lowest BCUT2D eigenvalue weighted by atomic mass is 9.96. The van der Waals surface area contributed by atoms with E-state index in [2.05, 4.69) is 11.8 Å². The molecule has 0 aliphatic carbocycles. The Balaban J connectivity index is 2.20. The van der Waals surface area contributed by atoms with E-state index in [0.29, 0.717) is 6.54 Å². The Morgan fingerprint density at radius 1 is 1.25 bits per heavy atom. The molecule has 3 nitrogen and oxygen atoms in total. The Morgan fingerprint density at radius 2 is 1.95 bits per heavy atom. The van der Waals surface area contributed by atoms with Gasteiger partial charge in [-0.3, -0.25) is 4.90 Å². The molecule has 1 heterocycles. The van der Waals surface area contributed by atoms with Crippen LogP contribution in [-0.2, 0) is 6.54 Å². The van der Waals surface area contributed by atoms with Crippen LogP contribution in [0.2, 0.25) is 0 Å². The monoisotopic (exact) mass is 276 g/mol.